The molecule has 22 heteroatoms. The number of benzene rings is 2. The third kappa shape index (κ3) is 14.4. The standard InChI is InChI=1S/C49H68F2N12O8/c1-26(52-9)40(64)58-38(48(3,4)5)46(70)62-24-32(19-36(62)44(68)54-22-28-11-15-30(50)16-12-28)56-42(66)34-21-35(61-60-34)43(67)57-33-20-37(45(69)55-23-29-13-17-31(51)18-14-29)63(25-33)47(71)39(49(6,7)8)59-41(65)27(2)53-10/h11-18,21,26-27,32-33,36-39,52-53H,19-20,22-25H2,1-10H3,(H,54,68)(H,55,69)(H,56,66)(H,57,67)(H,58,64)(H,59,65)(H,60,61). The Morgan fingerprint density at radius 3 is 1.38 bits per heavy atom. The van der Waals surface area contributed by atoms with Crippen molar-refractivity contribution in [3.63, 3.8) is 0 Å². The molecule has 2 aliphatic rings. The number of carbonyl (C=O) groups is 8. The lowest BCUT2D eigenvalue weighted by Crippen LogP contribution is -2.59. The van der Waals surface area contributed by atoms with Gasteiger partial charge >= 0.3 is 0 Å². The molecule has 0 spiro atoms. The van der Waals surface area contributed by atoms with Crippen molar-refractivity contribution < 1.29 is 47.1 Å². The van der Waals surface area contributed by atoms with Gasteiger partial charge in [0.2, 0.25) is 35.4 Å². The second-order valence-electron chi connectivity index (χ2n) is 20.3. The van der Waals surface area contributed by atoms with Crippen LogP contribution in [0.1, 0.15) is 100 Å². The number of nitrogens with one attached hydrogen (secondary N) is 9. The highest BCUT2D eigenvalue weighted by atomic mass is 19.1. The molecule has 2 aromatic carbocycles. The Morgan fingerprint density at radius 2 is 1.01 bits per heavy atom. The summed E-state index contributed by atoms with van der Waals surface area (Å²) < 4.78 is 27.2. The number of H-pyrrole nitrogens is 1. The van der Waals surface area contributed by atoms with Crippen molar-refractivity contribution in [2.75, 3.05) is 27.2 Å². The predicted molar refractivity (Wildman–Crippen MR) is 258 cm³/mol. The minimum absolute atomic E-state index is 0.0181. The predicted octanol–water partition coefficient (Wildman–Crippen LogP) is 0.997. The summed E-state index contributed by atoms with van der Waals surface area (Å²) in [6.07, 6.45) is -0.0399. The van der Waals surface area contributed by atoms with Gasteiger partial charge in [0, 0.05) is 44.3 Å². The maximum Gasteiger partial charge on any atom is 0.272 e. The Kier molecular flexibility index (Phi) is 18.2. The SMILES string of the molecule is CNC(C)C(=O)NC(C(=O)N1CC(NC(=O)c2cc(C(=O)NC3CC(C(=O)NCc4ccc(F)cc4)N(C(=O)C(NC(=O)C(C)NC)C(C)(C)C)C3)[nH]n2)CC1C(=O)NCc1ccc(F)cc1)C(C)(C)C. The molecule has 5 rings (SSSR count). The van der Waals surface area contributed by atoms with Crippen LogP contribution in [0.4, 0.5) is 8.78 Å². The van der Waals surface area contributed by atoms with E-state index in [0.29, 0.717) is 11.1 Å². The monoisotopic (exact) mass is 991 g/mol. The van der Waals surface area contributed by atoms with Gasteiger partial charge in [-0.1, -0.05) is 65.8 Å². The van der Waals surface area contributed by atoms with Gasteiger partial charge in [0.05, 0.1) is 12.1 Å². The Balaban J connectivity index is 1.31. The number of hydrogen-bond donors (Lipinski definition) is 9. The van der Waals surface area contributed by atoms with Crippen molar-refractivity contribution in [1.29, 1.82) is 0 Å². The number of hydrogen-bond acceptors (Lipinski definition) is 11. The van der Waals surface area contributed by atoms with Gasteiger partial charge in [-0.2, -0.15) is 5.10 Å². The van der Waals surface area contributed by atoms with Crippen LogP contribution in [0, 0.1) is 22.5 Å². The van der Waals surface area contributed by atoms with Gasteiger partial charge in [0.25, 0.3) is 11.8 Å². The molecule has 2 aliphatic heterocycles. The van der Waals surface area contributed by atoms with E-state index in [-0.39, 0.29) is 50.4 Å². The molecule has 0 bridgehead atoms. The minimum Gasteiger partial charge on any atom is -0.350 e. The van der Waals surface area contributed by atoms with E-state index in [9.17, 15) is 47.1 Å². The Bertz CT molecular complexity index is 2260. The fraction of sp³-hybridized carbons (Fsp3) is 0.531. The van der Waals surface area contributed by atoms with Crippen LogP contribution in [-0.4, -0.2) is 143 Å². The third-order valence-corrected chi connectivity index (χ3v) is 12.7. The molecule has 71 heavy (non-hydrogen) atoms. The zero-order chi connectivity index (χ0) is 52.5. The molecule has 0 aliphatic carbocycles. The molecule has 0 saturated carbocycles. The lowest BCUT2D eigenvalue weighted by Gasteiger charge is -2.36. The van der Waals surface area contributed by atoms with E-state index >= 15 is 0 Å². The van der Waals surface area contributed by atoms with Crippen molar-refractivity contribution in [3.05, 3.63) is 88.7 Å². The number of aromatic nitrogens is 2. The second-order valence-corrected chi connectivity index (χ2v) is 20.3. The number of likely N-dealkylation sites (tertiary alicyclic amines) is 2. The summed E-state index contributed by atoms with van der Waals surface area (Å²) >= 11 is 0. The number of likely N-dealkylation sites (N-methyl/N-ethyl adjacent to an activating group) is 2. The first-order chi connectivity index (χ1) is 33.3. The largest absolute Gasteiger partial charge is 0.350 e. The van der Waals surface area contributed by atoms with Crippen LogP contribution in [0.25, 0.3) is 0 Å². The van der Waals surface area contributed by atoms with E-state index < -0.39 is 118 Å². The summed E-state index contributed by atoms with van der Waals surface area (Å²) in [4.78, 5) is 113. The number of nitrogens with zero attached hydrogens (tertiary/aromatic N) is 3. The van der Waals surface area contributed by atoms with Gasteiger partial charge < -0.3 is 52.3 Å². The molecule has 3 heterocycles. The number of rotatable bonds is 18. The Morgan fingerprint density at radius 1 is 0.634 bits per heavy atom. The van der Waals surface area contributed by atoms with Crippen molar-refractivity contribution in [2.45, 2.75) is 130 Å². The molecular formula is C49H68F2N12O8. The maximum absolute atomic E-state index is 14.4. The first kappa shape index (κ1) is 55.1. The number of halogens is 2. The Labute approximate surface area is 412 Å². The molecular weight excluding hydrogens is 923 g/mol. The van der Waals surface area contributed by atoms with E-state index in [4.69, 9.17) is 0 Å². The van der Waals surface area contributed by atoms with Crippen molar-refractivity contribution >= 4 is 47.3 Å². The van der Waals surface area contributed by atoms with Gasteiger partial charge in [-0.05, 0) is 87.0 Å². The van der Waals surface area contributed by atoms with Crippen molar-refractivity contribution in [3.8, 4) is 0 Å². The lowest BCUT2D eigenvalue weighted by molar-refractivity contribution is -0.144. The molecule has 9 N–H and O–H groups in total. The topological polar surface area (TPSA) is 268 Å². The highest BCUT2D eigenvalue weighted by Gasteiger charge is 2.47. The summed E-state index contributed by atoms with van der Waals surface area (Å²) in [5.41, 5.74) is -0.704. The summed E-state index contributed by atoms with van der Waals surface area (Å²) in [6, 6.07) is 5.17. The van der Waals surface area contributed by atoms with E-state index in [1.807, 2.05) is 0 Å². The highest BCUT2D eigenvalue weighted by molar-refractivity contribution is 5.99. The number of aromatic amines is 1. The average molecular weight is 991 g/mol. The van der Waals surface area contributed by atoms with Crippen LogP contribution in [0.3, 0.4) is 0 Å². The zero-order valence-corrected chi connectivity index (χ0v) is 41.9. The minimum atomic E-state index is -1.09. The Hall–Kier alpha value is -6.81. The molecule has 386 valence electrons. The first-order valence-corrected chi connectivity index (χ1v) is 23.6. The molecule has 8 atom stereocenters. The quantitative estimate of drug-likeness (QED) is 0.0868. The van der Waals surface area contributed by atoms with Crippen LogP contribution >= 0.6 is 0 Å². The summed E-state index contributed by atoms with van der Waals surface area (Å²) in [6.45, 7) is 13.7. The van der Waals surface area contributed by atoms with E-state index in [0.717, 1.165) is 0 Å². The van der Waals surface area contributed by atoms with Gasteiger partial charge in [0.15, 0.2) is 5.69 Å². The molecule has 8 unspecified atom stereocenters. The van der Waals surface area contributed by atoms with Crippen molar-refractivity contribution in [2.24, 2.45) is 10.8 Å². The number of carbonyl (C=O) groups excluding carboxylic acids is 8. The first-order valence-electron chi connectivity index (χ1n) is 23.6. The molecule has 3 aromatic rings. The van der Waals surface area contributed by atoms with Crippen LogP contribution in [0.2, 0.25) is 0 Å². The molecule has 0 radical (unpaired) electrons. The van der Waals surface area contributed by atoms with E-state index in [2.05, 4.69) is 52.7 Å². The van der Waals surface area contributed by atoms with Gasteiger partial charge in [0.1, 0.15) is 41.5 Å². The molecule has 2 fully saturated rings. The van der Waals surface area contributed by atoms with Crippen LogP contribution in [0.15, 0.2) is 54.6 Å². The second kappa shape index (κ2) is 23.4. The number of amides is 8. The molecule has 8 amide bonds. The third-order valence-electron chi connectivity index (χ3n) is 12.7. The molecule has 2 saturated heterocycles. The zero-order valence-electron chi connectivity index (χ0n) is 41.9. The fourth-order valence-corrected chi connectivity index (χ4v) is 8.19. The van der Waals surface area contributed by atoms with Crippen molar-refractivity contribution in [1.82, 2.24) is 62.5 Å². The fourth-order valence-electron chi connectivity index (χ4n) is 8.19. The van der Waals surface area contributed by atoms with Crippen LogP contribution < -0.4 is 42.5 Å². The molecule has 20 nitrogen and oxygen atoms in total. The summed E-state index contributed by atoms with van der Waals surface area (Å²) in [5.74, 6) is -5.36. The van der Waals surface area contributed by atoms with E-state index in [1.54, 1.807) is 69.5 Å². The van der Waals surface area contributed by atoms with Crippen LogP contribution in [-0.2, 0) is 41.9 Å². The van der Waals surface area contributed by atoms with Gasteiger partial charge in [-0.15, -0.1) is 0 Å². The normalized spacial score (nSPS) is 19.7. The van der Waals surface area contributed by atoms with E-state index in [1.165, 1.54) is 64.4 Å². The van der Waals surface area contributed by atoms with Gasteiger partial charge in [-0.3, -0.25) is 43.5 Å². The highest BCUT2D eigenvalue weighted by Crippen LogP contribution is 2.29. The smallest absolute Gasteiger partial charge is 0.272 e. The summed E-state index contributed by atoms with van der Waals surface area (Å²) in [7, 11) is 3.21. The maximum atomic E-state index is 14.4. The van der Waals surface area contributed by atoms with Gasteiger partial charge in [-0.25, -0.2) is 8.78 Å². The lowest BCUT2D eigenvalue weighted by atomic mass is 9.85. The summed E-state index contributed by atoms with van der Waals surface area (Å²) in [5, 5.41) is 29.2. The molecule has 1 aromatic heterocycles. The van der Waals surface area contributed by atoms with Crippen LogP contribution in [0.5, 0.6) is 0 Å². The average Bonchev–Trinajstić information content (AvgIpc) is 4.10.